The predicted octanol–water partition coefficient (Wildman–Crippen LogP) is 0.809. The molecule has 2 rings (SSSR count). The van der Waals surface area contributed by atoms with Crippen molar-refractivity contribution in [3.05, 3.63) is 35.7 Å². The first kappa shape index (κ1) is 11.9. The number of hydrogen-bond acceptors (Lipinski definition) is 5. The summed E-state index contributed by atoms with van der Waals surface area (Å²) in [6, 6.07) is 1.93. The van der Waals surface area contributed by atoms with E-state index in [4.69, 9.17) is 0 Å². The lowest BCUT2D eigenvalue weighted by Gasteiger charge is -2.00. The second kappa shape index (κ2) is 5.67. The Hall–Kier alpha value is -2.57. The van der Waals surface area contributed by atoms with Crippen molar-refractivity contribution in [1.82, 2.24) is 25.6 Å². The predicted molar refractivity (Wildman–Crippen MR) is 65.5 cm³/mol. The minimum absolute atomic E-state index is 0.145. The Bertz CT molecular complexity index is 548. The number of nitrogens with zero attached hydrogens (tertiary/aromatic N) is 4. The molecule has 0 aliphatic heterocycles. The number of amides is 1. The Morgan fingerprint density at radius 3 is 3.17 bits per heavy atom. The lowest BCUT2D eigenvalue weighted by molar-refractivity contribution is -0.111. The molecule has 0 fully saturated rings. The Balaban J connectivity index is 2.04. The summed E-state index contributed by atoms with van der Waals surface area (Å²) in [6.07, 6.45) is 7.45. The Morgan fingerprint density at radius 2 is 2.44 bits per heavy atom. The van der Waals surface area contributed by atoms with Gasteiger partial charge < -0.3 is 0 Å². The summed E-state index contributed by atoms with van der Waals surface area (Å²) in [5.74, 6) is -0.172. The second-order valence-corrected chi connectivity index (χ2v) is 3.49. The van der Waals surface area contributed by atoms with Gasteiger partial charge in [0, 0.05) is 18.5 Å². The fraction of sp³-hybridized carbons (Fsp3) is 0.182. The van der Waals surface area contributed by atoms with Crippen LogP contribution in [0.3, 0.4) is 0 Å². The zero-order valence-corrected chi connectivity index (χ0v) is 9.79. The molecule has 7 nitrogen and oxygen atoms in total. The maximum Gasteiger partial charge on any atom is 0.270 e. The monoisotopic (exact) mass is 244 g/mol. The van der Waals surface area contributed by atoms with Gasteiger partial charge in [-0.15, -0.1) is 5.10 Å². The number of nitrogens with one attached hydrogen (secondary N) is 2. The van der Waals surface area contributed by atoms with Crippen LogP contribution in [0.15, 0.2) is 24.5 Å². The molecule has 7 heteroatoms. The van der Waals surface area contributed by atoms with Crippen LogP contribution in [0.4, 0.5) is 5.95 Å². The molecule has 1 amide bonds. The summed E-state index contributed by atoms with van der Waals surface area (Å²) in [5.41, 5.74) is 2.05. The summed E-state index contributed by atoms with van der Waals surface area (Å²) < 4.78 is 0. The number of tetrazole rings is 1. The Labute approximate surface area is 103 Å². The van der Waals surface area contributed by atoms with Crippen LogP contribution in [0.2, 0.25) is 0 Å². The van der Waals surface area contributed by atoms with Crippen LogP contribution < -0.4 is 5.32 Å². The number of carbonyl (C=O) groups is 1. The van der Waals surface area contributed by atoms with Crippen LogP contribution in [0.1, 0.15) is 18.1 Å². The number of H-pyrrole nitrogens is 1. The van der Waals surface area contributed by atoms with E-state index in [2.05, 4.69) is 30.9 Å². The highest BCUT2D eigenvalue weighted by Crippen LogP contribution is 2.09. The number of carbonyl (C=O) groups excluding carboxylic acids is 1. The maximum atomic E-state index is 11.5. The van der Waals surface area contributed by atoms with Gasteiger partial charge in [-0.2, -0.15) is 5.21 Å². The molecule has 18 heavy (non-hydrogen) atoms. The average molecular weight is 244 g/mol. The maximum absolute atomic E-state index is 11.5. The van der Waals surface area contributed by atoms with Gasteiger partial charge in [-0.1, -0.05) is 12.0 Å². The van der Waals surface area contributed by atoms with Crippen molar-refractivity contribution < 1.29 is 4.79 Å². The molecule has 0 bridgehead atoms. The first-order chi connectivity index (χ1) is 8.79. The number of aryl methyl sites for hydroxylation is 1. The zero-order chi connectivity index (χ0) is 12.8. The molecule has 0 aliphatic carbocycles. The van der Waals surface area contributed by atoms with E-state index in [-0.39, 0.29) is 11.9 Å². The molecular weight excluding hydrogens is 232 g/mol. The van der Waals surface area contributed by atoms with Crippen molar-refractivity contribution in [2.45, 2.75) is 13.3 Å². The molecule has 92 valence electrons. The highest BCUT2D eigenvalue weighted by molar-refractivity contribution is 6.00. The van der Waals surface area contributed by atoms with Crippen molar-refractivity contribution in [2.24, 2.45) is 0 Å². The van der Waals surface area contributed by atoms with Gasteiger partial charge in [0.2, 0.25) is 0 Å². The average Bonchev–Trinajstić information content (AvgIpc) is 2.89. The normalized spacial score (nSPS) is 10.7. The lowest BCUT2D eigenvalue weighted by Crippen LogP contribution is -2.09. The molecule has 0 saturated heterocycles. The van der Waals surface area contributed by atoms with E-state index in [1.54, 1.807) is 18.5 Å². The van der Waals surface area contributed by atoms with Crippen molar-refractivity contribution in [1.29, 1.82) is 0 Å². The van der Waals surface area contributed by atoms with Crippen LogP contribution in [0, 0.1) is 0 Å². The number of pyridine rings is 1. The van der Waals surface area contributed by atoms with E-state index in [9.17, 15) is 4.79 Å². The Morgan fingerprint density at radius 1 is 1.56 bits per heavy atom. The molecule has 0 unspecified atom stereocenters. The number of anilines is 1. The quantitative estimate of drug-likeness (QED) is 0.776. The van der Waals surface area contributed by atoms with Crippen LogP contribution in [-0.4, -0.2) is 31.5 Å². The molecule has 2 aromatic heterocycles. The van der Waals surface area contributed by atoms with E-state index in [1.165, 1.54) is 6.08 Å². The number of rotatable bonds is 4. The van der Waals surface area contributed by atoms with Gasteiger partial charge >= 0.3 is 0 Å². The van der Waals surface area contributed by atoms with Gasteiger partial charge in [0.05, 0.1) is 0 Å². The fourth-order valence-corrected chi connectivity index (χ4v) is 1.44. The zero-order valence-electron chi connectivity index (χ0n) is 9.79. The first-order valence-electron chi connectivity index (χ1n) is 5.45. The summed E-state index contributed by atoms with van der Waals surface area (Å²) in [7, 11) is 0. The summed E-state index contributed by atoms with van der Waals surface area (Å²) in [5, 5.41) is 15.3. The van der Waals surface area contributed by atoms with E-state index in [0.29, 0.717) is 0 Å². The topological polar surface area (TPSA) is 96.5 Å². The van der Waals surface area contributed by atoms with E-state index in [1.807, 2.05) is 13.0 Å². The third kappa shape index (κ3) is 2.97. The smallest absolute Gasteiger partial charge is 0.270 e. The van der Waals surface area contributed by atoms with Crippen LogP contribution >= 0.6 is 0 Å². The van der Waals surface area contributed by atoms with E-state index in [0.717, 1.165) is 17.5 Å². The van der Waals surface area contributed by atoms with Crippen LogP contribution in [-0.2, 0) is 11.2 Å². The highest BCUT2D eigenvalue weighted by atomic mass is 16.1. The highest BCUT2D eigenvalue weighted by Gasteiger charge is 2.02. The van der Waals surface area contributed by atoms with Crippen molar-refractivity contribution >= 4 is 17.9 Å². The number of aromatic nitrogens is 5. The molecular formula is C11H12N6O. The molecule has 0 radical (unpaired) electrons. The fourth-order valence-electron chi connectivity index (χ4n) is 1.44. The minimum atomic E-state index is -0.317. The molecule has 0 saturated carbocycles. The Kier molecular flexibility index (Phi) is 3.75. The van der Waals surface area contributed by atoms with Gasteiger partial charge in [-0.3, -0.25) is 15.1 Å². The third-order valence-corrected chi connectivity index (χ3v) is 2.32. The molecule has 0 aromatic carbocycles. The molecule has 2 N–H and O–H groups in total. The minimum Gasteiger partial charge on any atom is -0.288 e. The van der Waals surface area contributed by atoms with Gasteiger partial charge in [0.15, 0.2) is 0 Å². The second-order valence-electron chi connectivity index (χ2n) is 3.49. The van der Waals surface area contributed by atoms with Crippen molar-refractivity contribution in [3.8, 4) is 0 Å². The van der Waals surface area contributed by atoms with Gasteiger partial charge in [0.1, 0.15) is 0 Å². The molecule has 0 atom stereocenters. The summed E-state index contributed by atoms with van der Waals surface area (Å²) >= 11 is 0. The van der Waals surface area contributed by atoms with Crippen molar-refractivity contribution in [3.63, 3.8) is 0 Å². The van der Waals surface area contributed by atoms with Crippen molar-refractivity contribution in [2.75, 3.05) is 5.32 Å². The van der Waals surface area contributed by atoms with Crippen LogP contribution in [0.5, 0.6) is 0 Å². The van der Waals surface area contributed by atoms with Gasteiger partial charge in [-0.05, 0) is 34.9 Å². The third-order valence-electron chi connectivity index (χ3n) is 2.32. The first-order valence-corrected chi connectivity index (χ1v) is 5.45. The summed E-state index contributed by atoms with van der Waals surface area (Å²) in [4.78, 5) is 15.6. The summed E-state index contributed by atoms with van der Waals surface area (Å²) in [6.45, 7) is 2.05. The largest absolute Gasteiger partial charge is 0.288 e. The molecule has 0 spiro atoms. The lowest BCUT2D eigenvalue weighted by atomic mass is 10.1. The molecule has 0 aliphatic rings. The van der Waals surface area contributed by atoms with Gasteiger partial charge in [0.25, 0.3) is 11.9 Å². The number of hydrogen-bond donors (Lipinski definition) is 2. The number of aromatic amines is 1. The molecule has 2 heterocycles. The van der Waals surface area contributed by atoms with Gasteiger partial charge in [-0.25, -0.2) is 0 Å². The molecule has 2 aromatic rings. The van der Waals surface area contributed by atoms with E-state index >= 15 is 0 Å². The standard InChI is InChI=1S/C11H12N6O/c1-2-8-5-6-12-7-9(8)3-4-10(18)13-11-14-16-17-15-11/h3-7H,2H2,1H3,(H2,13,14,15,16,17,18). The van der Waals surface area contributed by atoms with Crippen LogP contribution in [0.25, 0.3) is 6.08 Å². The van der Waals surface area contributed by atoms with E-state index < -0.39 is 0 Å². The SMILES string of the molecule is CCc1ccncc1C=CC(=O)Nc1nn[nH]n1.